The first-order valence-electron chi connectivity index (χ1n) is 8.97. The van der Waals surface area contributed by atoms with Crippen LogP contribution in [0.25, 0.3) is 6.08 Å². The molecule has 0 aromatic heterocycles. The standard InChI is InChI=1S/C21H17BrClNO4S2/c22-15-5-8-17(28-12-13-3-6-16(23)7-4-13)14(10-15)11-18-20(27)24(21(29)30-18)9-1-2-19(25)26/h3-8,10-11H,1-2,9,12H2,(H,25,26)/b18-11-. The second-order valence-electron chi connectivity index (χ2n) is 6.43. The monoisotopic (exact) mass is 525 g/mol. The number of amides is 1. The average molecular weight is 527 g/mol. The number of nitrogens with zero attached hydrogens (tertiary/aromatic N) is 1. The van der Waals surface area contributed by atoms with Gasteiger partial charge in [-0.05, 0) is 48.4 Å². The molecule has 3 rings (SSSR count). The fourth-order valence-electron chi connectivity index (χ4n) is 2.73. The van der Waals surface area contributed by atoms with Crippen molar-refractivity contribution >= 4 is 73.8 Å². The van der Waals surface area contributed by atoms with Crippen molar-refractivity contribution in [3.05, 3.63) is 68.0 Å². The molecule has 0 bridgehead atoms. The highest BCUT2D eigenvalue weighted by atomic mass is 79.9. The van der Waals surface area contributed by atoms with Crippen LogP contribution in [0.3, 0.4) is 0 Å². The van der Waals surface area contributed by atoms with Gasteiger partial charge in [0.1, 0.15) is 16.7 Å². The van der Waals surface area contributed by atoms with E-state index in [4.69, 9.17) is 33.7 Å². The van der Waals surface area contributed by atoms with E-state index < -0.39 is 5.97 Å². The molecule has 1 saturated heterocycles. The van der Waals surface area contributed by atoms with Crippen LogP contribution in [-0.2, 0) is 16.2 Å². The van der Waals surface area contributed by atoms with Crippen molar-refractivity contribution in [3.63, 3.8) is 0 Å². The molecule has 1 aliphatic heterocycles. The topological polar surface area (TPSA) is 66.8 Å². The highest BCUT2D eigenvalue weighted by molar-refractivity contribution is 9.10. The Labute approximate surface area is 197 Å². The van der Waals surface area contributed by atoms with Gasteiger partial charge in [-0.25, -0.2) is 0 Å². The molecule has 5 nitrogen and oxygen atoms in total. The van der Waals surface area contributed by atoms with Gasteiger partial charge in [-0.2, -0.15) is 0 Å². The Balaban J connectivity index is 1.76. The minimum Gasteiger partial charge on any atom is -0.488 e. The van der Waals surface area contributed by atoms with Crippen molar-refractivity contribution in [1.82, 2.24) is 4.90 Å². The number of benzene rings is 2. The number of hydrogen-bond donors (Lipinski definition) is 1. The Morgan fingerprint density at radius 3 is 2.70 bits per heavy atom. The van der Waals surface area contributed by atoms with Crippen LogP contribution in [0.15, 0.2) is 51.8 Å². The Morgan fingerprint density at radius 1 is 1.27 bits per heavy atom. The summed E-state index contributed by atoms with van der Waals surface area (Å²) in [6.07, 6.45) is 2.09. The van der Waals surface area contributed by atoms with Crippen molar-refractivity contribution in [2.75, 3.05) is 6.54 Å². The van der Waals surface area contributed by atoms with Gasteiger partial charge < -0.3 is 9.84 Å². The number of carboxylic acid groups (broad SMARTS) is 1. The Kier molecular flexibility index (Phi) is 7.93. The summed E-state index contributed by atoms with van der Waals surface area (Å²) in [6.45, 7) is 0.641. The van der Waals surface area contributed by atoms with Gasteiger partial charge in [-0.1, -0.05) is 63.6 Å². The van der Waals surface area contributed by atoms with Gasteiger partial charge >= 0.3 is 5.97 Å². The minimum absolute atomic E-state index is 0.00950. The Morgan fingerprint density at radius 2 is 2.00 bits per heavy atom. The second kappa shape index (κ2) is 10.4. The third kappa shape index (κ3) is 6.07. The molecule has 1 heterocycles. The smallest absolute Gasteiger partial charge is 0.303 e. The molecule has 1 aliphatic rings. The van der Waals surface area contributed by atoms with Gasteiger partial charge in [-0.15, -0.1) is 0 Å². The lowest BCUT2D eigenvalue weighted by atomic mass is 10.1. The number of thiocarbonyl (C=S) groups is 1. The lowest BCUT2D eigenvalue weighted by molar-refractivity contribution is -0.137. The first-order chi connectivity index (χ1) is 14.3. The molecule has 156 valence electrons. The normalized spacial score (nSPS) is 15.1. The first-order valence-corrected chi connectivity index (χ1v) is 11.4. The predicted molar refractivity (Wildman–Crippen MR) is 127 cm³/mol. The van der Waals surface area contributed by atoms with Crippen LogP contribution in [-0.4, -0.2) is 32.7 Å². The maximum Gasteiger partial charge on any atom is 0.303 e. The van der Waals surface area contributed by atoms with E-state index >= 15 is 0 Å². The van der Waals surface area contributed by atoms with E-state index in [1.54, 1.807) is 18.2 Å². The number of rotatable bonds is 8. The van der Waals surface area contributed by atoms with Gasteiger partial charge in [0.15, 0.2) is 0 Å². The van der Waals surface area contributed by atoms with E-state index in [0.717, 1.165) is 15.6 Å². The van der Waals surface area contributed by atoms with Crippen LogP contribution < -0.4 is 4.74 Å². The van der Waals surface area contributed by atoms with Gasteiger partial charge in [0.05, 0.1) is 4.91 Å². The second-order valence-corrected chi connectivity index (χ2v) is 9.46. The predicted octanol–water partition coefficient (Wildman–Crippen LogP) is 5.75. The zero-order chi connectivity index (χ0) is 21.7. The van der Waals surface area contributed by atoms with Gasteiger partial charge in [0.25, 0.3) is 5.91 Å². The molecule has 1 amide bonds. The van der Waals surface area contributed by atoms with Crippen LogP contribution in [0.4, 0.5) is 0 Å². The number of aliphatic carboxylic acids is 1. The zero-order valence-corrected chi connectivity index (χ0v) is 19.6. The third-order valence-corrected chi connectivity index (χ3v) is 6.33. The molecular weight excluding hydrogens is 510 g/mol. The highest BCUT2D eigenvalue weighted by Crippen LogP contribution is 2.35. The fraction of sp³-hybridized carbons (Fsp3) is 0.190. The number of carboxylic acids is 1. The lowest BCUT2D eigenvalue weighted by Crippen LogP contribution is -2.29. The maximum absolute atomic E-state index is 12.7. The SMILES string of the molecule is O=C(O)CCCN1C(=O)/C(=C/c2cc(Br)ccc2OCc2ccc(Cl)cc2)SC1=S. The quantitative estimate of drug-likeness (QED) is 0.349. The zero-order valence-electron chi connectivity index (χ0n) is 15.6. The molecule has 1 N–H and O–H groups in total. The summed E-state index contributed by atoms with van der Waals surface area (Å²) >= 11 is 15.9. The fourth-order valence-corrected chi connectivity index (χ4v) is 4.53. The number of carbonyl (C=O) groups is 2. The summed E-state index contributed by atoms with van der Waals surface area (Å²) in [7, 11) is 0. The molecule has 1 fully saturated rings. The van der Waals surface area contributed by atoms with E-state index in [-0.39, 0.29) is 18.9 Å². The van der Waals surface area contributed by atoms with Gasteiger partial charge in [0.2, 0.25) is 0 Å². The minimum atomic E-state index is -0.896. The molecule has 9 heteroatoms. The Bertz CT molecular complexity index is 1010. The van der Waals surface area contributed by atoms with Crippen LogP contribution in [0, 0.1) is 0 Å². The van der Waals surface area contributed by atoms with E-state index in [9.17, 15) is 9.59 Å². The summed E-state index contributed by atoms with van der Waals surface area (Å²) in [5, 5.41) is 9.45. The molecule has 2 aromatic carbocycles. The Hall–Kier alpha value is -1.87. The molecule has 0 unspecified atom stereocenters. The van der Waals surface area contributed by atoms with Crippen molar-refractivity contribution in [1.29, 1.82) is 0 Å². The molecule has 0 aliphatic carbocycles. The summed E-state index contributed by atoms with van der Waals surface area (Å²) in [4.78, 5) is 25.4. The number of carbonyl (C=O) groups excluding carboxylic acids is 1. The van der Waals surface area contributed by atoms with Crippen LogP contribution >= 0.6 is 51.5 Å². The van der Waals surface area contributed by atoms with Crippen molar-refractivity contribution in [3.8, 4) is 5.75 Å². The molecule has 30 heavy (non-hydrogen) atoms. The van der Waals surface area contributed by atoms with Gasteiger partial charge in [-0.3, -0.25) is 14.5 Å². The first kappa shape index (κ1) is 22.8. The van der Waals surface area contributed by atoms with E-state index in [1.807, 2.05) is 30.3 Å². The van der Waals surface area contributed by atoms with E-state index in [2.05, 4.69) is 15.9 Å². The number of halogens is 2. The number of thioether (sulfide) groups is 1. The summed E-state index contributed by atoms with van der Waals surface area (Å²) in [5.41, 5.74) is 1.71. The number of hydrogen-bond acceptors (Lipinski definition) is 5. The van der Waals surface area contributed by atoms with Crippen LogP contribution in [0.1, 0.15) is 24.0 Å². The molecular formula is C21H17BrClNO4S2. The highest BCUT2D eigenvalue weighted by Gasteiger charge is 2.31. The van der Waals surface area contributed by atoms with Crippen molar-refractivity contribution < 1.29 is 19.4 Å². The number of ether oxygens (including phenoxy) is 1. The lowest BCUT2D eigenvalue weighted by Gasteiger charge is -2.13. The average Bonchev–Trinajstić information content (AvgIpc) is 2.96. The van der Waals surface area contributed by atoms with E-state index in [0.29, 0.717) is 33.0 Å². The molecule has 0 radical (unpaired) electrons. The van der Waals surface area contributed by atoms with Crippen LogP contribution in [0.5, 0.6) is 5.75 Å². The van der Waals surface area contributed by atoms with Crippen molar-refractivity contribution in [2.45, 2.75) is 19.4 Å². The summed E-state index contributed by atoms with van der Waals surface area (Å²) in [6, 6.07) is 13.0. The molecule has 0 saturated carbocycles. The summed E-state index contributed by atoms with van der Waals surface area (Å²) < 4.78 is 7.25. The summed E-state index contributed by atoms with van der Waals surface area (Å²) in [5.74, 6) is -0.490. The molecule has 0 atom stereocenters. The largest absolute Gasteiger partial charge is 0.488 e. The van der Waals surface area contributed by atoms with E-state index in [1.165, 1.54) is 16.7 Å². The molecule has 0 spiro atoms. The van der Waals surface area contributed by atoms with Crippen molar-refractivity contribution in [2.24, 2.45) is 0 Å². The maximum atomic E-state index is 12.7. The van der Waals surface area contributed by atoms with Crippen LogP contribution in [0.2, 0.25) is 5.02 Å². The molecule has 2 aromatic rings. The third-order valence-electron chi connectivity index (χ3n) is 4.21. The van der Waals surface area contributed by atoms with Gasteiger partial charge in [0, 0.05) is 28.0 Å².